The quantitative estimate of drug-likeness (QED) is 0.747. The van der Waals surface area contributed by atoms with E-state index in [2.05, 4.69) is 10.2 Å². The van der Waals surface area contributed by atoms with Crippen molar-refractivity contribution in [2.75, 3.05) is 0 Å². The Morgan fingerprint density at radius 1 is 1.38 bits per heavy atom. The van der Waals surface area contributed by atoms with Gasteiger partial charge in [-0.05, 0) is 18.2 Å². The van der Waals surface area contributed by atoms with Gasteiger partial charge < -0.3 is 5.73 Å². The van der Waals surface area contributed by atoms with Gasteiger partial charge in [0, 0.05) is 17.1 Å². The SMILES string of the molecule is NCc1c(-c2cc(Cl)ccc2F)[nH][nH]c1=O. The highest BCUT2D eigenvalue weighted by Gasteiger charge is 2.14. The fourth-order valence-electron chi connectivity index (χ4n) is 1.50. The van der Waals surface area contributed by atoms with Gasteiger partial charge in [0.25, 0.3) is 5.56 Å². The van der Waals surface area contributed by atoms with Crippen LogP contribution in [0.5, 0.6) is 0 Å². The average molecular weight is 242 g/mol. The van der Waals surface area contributed by atoms with Crippen LogP contribution in [0.4, 0.5) is 4.39 Å². The van der Waals surface area contributed by atoms with Crippen molar-refractivity contribution in [2.24, 2.45) is 5.73 Å². The molecule has 1 heterocycles. The van der Waals surface area contributed by atoms with E-state index in [-0.39, 0.29) is 17.7 Å². The number of nitrogens with two attached hydrogens (primary N) is 1. The normalized spacial score (nSPS) is 10.7. The molecule has 0 saturated carbocycles. The molecule has 1 aromatic heterocycles. The zero-order valence-electron chi connectivity index (χ0n) is 8.18. The van der Waals surface area contributed by atoms with Gasteiger partial charge in [0.1, 0.15) is 5.82 Å². The summed E-state index contributed by atoms with van der Waals surface area (Å²) in [6, 6.07) is 4.12. The second-order valence-electron chi connectivity index (χ2n) is 3.26. The van der Waals surface area contributed by atoms with Crippen molar-refractivity contribution in [1.82, 2.24) is 10.2 Å². The molecule has 16 heavy (non-hydrogen) atoms. The number of aromatic nitrogens is 2. The van der Waals surface area contributed by atoms with E-state index < -0.39 is 5.82 Å². The van der Waals surface area contributed by atoms with E-state index in [1.54, 1.807) is 0 Å². The summed E-state index contributed by atoms with van der Waals surface area (Å²) in [5.41, 5.74) is 5.95. The summed E-state index contributed by atoms with van der Waals surface area (Å²) >= 11 is 5.77. The molecule has 4 N–H and O–H groups in total. The summed E-state index contributed by atoms with van der Waals surface area (Å²) in [4.78, 5) is 11.3. The monoisotopic (exact) mass is 241 g/mol. The van der Waals surface area contributed by atoms with Gasteiger partial charge in [-0.2, -0.15) is 0 Å². The molecule has 0 aliphatic rings. The zero-order chi connectivity index (χ0) is 11.7. The molecule has 6 heteroatoms. The number of benzene rings is 1. The Kier molecular flexibility index (Phi) is 2.80. The molecule has 0 radical (unpaired) electrons. The topological polar surface area (TPSA) is 74.7 Å². The Labute approximate surface area is 95.2 Å². The highest BCUT2D eigenvalue weighted by atomic mass is 35.5. The first-order valence-electron chi connectivity index (χ1n) is 4.58. The van der Waals surface area contributed by atoms with E-state index in [0.717, 1.165) is 0 Å². The van der Waals surface area contributed by atoms with E-state index in [1.165, 1.54) is 18.2 Å². The van der Waals surface area contributed by atoms with Gasteiger partial charge in [0.05, 0.1) is 11.3 Å². The number of rotatable bonds is 2. The number of aromatic amines is 2. The van der Waals surface area contributed by atoms with E-state index in [1.807, 2.05) is 0 Å². The van der Waals surface area contributed by atoms with Gasteiger partial charge in [-0.1, -0.05) is 11.6 Å². The highest BCUT2D eigenvalue weighted by molar-refractivity contribution is 6.30. The Balaban J connectivity index is 2.67. The Morgan fingerprint density at radius 2 is 2.12 bits per heavy atom. The summed E-state index contributed by atoms with van der Waals surface area (Å²) in [6.45, 7) is 0.0279. The lowest BCUT2D eigenvalue weighted by Crippen LogP contribution is -2.10. The minimum Gasteiger partial charge on any atom is -0.326 e. The molecule has 1 aromatic carbocycles. The molecule has 0 fully saturated rings. The summed E-state index contributed by atoms with van der Waals surface area (Å²) in [5, 5.41) is 5.35. The smallest absolute Gasteiger partial charge is 0.269 e. The number of hydrogen-bond acceptors (Lipinski definition) is 2. The molecular weight excluding hydrogens is 233 g/mol. The van der Waals surface area contributed by atoms with Crippen LogP contribution in [0.3, 0.4) is 0 Å². The maximum absolute atomic E-state index is 13.5. The molecule has 0 spiro atoms. The van der Waals surface area contributed by atoms with Crippen LogP contribution in [0.1, 0.15) is 5.56 Å². The minimum atomic E-state index is -0.464. The molecule has 0 aliphatic heterocycles. The molecule has 0 saturated heterocycles. The van der Waals surface area contributed by atoms with Crippen LogP contribution in [0, 0.1) is 5.82 Å². The van der Waals surface area contributed by atoms with Crippen LogP contribution in [0.15, 0.2) is 23.0 Å². The summed E-state index contributed by atoms with van der Waals surface area (Å²) in [6.07, 6.45) is 0. The first kappa shape index (κ1) is 10.9. The lowest BCUT2D eigenvalue weighted by atomic mass is 10.1. The first-order valence-corrected chi connectivity index (χ1v) is 4.96. The lowest BCUT2D eigenvalue weighted by Gasteiger charge is -2.03. The predicted octanol–water partition coefficient (Wildman–Crippen LogP) is 1.62. The molecule has 0 amide bonds. The second-order valence-corrected chi connectivity index (χ2v) is 3.70. The van der Waals surface area contributed by atoms with Gasteiger partial charge in [0.15, 0.2) is 0 Å². The third-order valence-corrected chi connectivity index (χ3v) is 2.51. The summed E-state index contributed by atoms with van der Waals surface area (Å²) < 4.78 is 13.5. The van der Waals surface area contributed by atoms with Gasteiger partial charge in [-0.15, -0.1) is 0 Å². The van der Waals surface area contributed by atoms with Crippen LogP contribution in [0.25, 0.3) is 11.3 Å². The molecule has 84 valence electrons. The van der Waals surface area contributed by atoms with Crippen LogP contribution < -0.4 is 11.3 Å². The standard InChI is InChI=1S/C10H9ClFN3O/c11-5-1-2-8(12)6(3-5)9-7(4-13)10(16)15-14-9/h1-3H,4,13H2,(H2,14,15,16). The molecule has 0 aliphatic carbocycles. The average Bonchev–Trinajstić information content (AvgIpc) is 2.63. The van der Waals surface area contributed by atoms with Crippen molar-refractivity contribution in [3.8, 4) is 11.3 Å². The van der Waals surface area contributed by atoms with Crippen molar-refractivity contribution < 1.29 is 4.39 Å². The lowest BCUT2D eigenvalue weighted by molar-refractivity contribution is 0.630. The van der Waals surface area contributed by atoms with Crippen molar-refractivity contribution in [3.63, 3.8) is 0 Å². The molecule has 4 nitrogen and oxygen atoms in total. The Morgan fingerprint density at radius 3 is 2.81 bits per heavy atom. The second kappa shape index (κ2) is 4.11. The zero-order valence-corrected chi connectivity index (χ0v) is 8.94. The van der Waals surface area contributed by atoms with Crippen LogP contribution in [0.2, 0.25) is 5.02 Å². The van der Waals surface area contributed by atoms with Crippen molar-refractivity contribution >= 4 is 11.6 Å². The van der Waals surface area contributed by atoms with Crippen LogP contribution >= 0.6 is 11.6 Å². The maximum Gasteiger partial charge on any atom is 0.269 e. The Bertz CT molecular complexity index is 576. The fraction of sp³-hybridized carbons (Fsp3) is 0.100. The summed E-state index contributed by atoms with van der Waals surface area (Å²) in [5.74, 6) is -0.464. The van der Waals surface area contributed by atoms with E-state index in [4.69, 9.17) is 17.3 Å². The van der Waals surface area contributed by atoms with Gasteiger partial charge in [0.2, 0.25) is 0 Å². The third kappa shape index (κ3) is 1.75. The number of halogens is 2. The van der Waals surface area contributed by atoms with E-state index >= 15 is 0 Å². The fourth-order valence-corrected chi connectivity index (χ4v) is 1.67. The van der Waals surface area contributed by atoms with Crippen molar-refractivity contribution in [1.29, 1.82) is 0 Å². The predicted molar refractivity (Wildman–Crippen MR) is 59.7 cm³/mol. The highest BCUT2D eigenvalue weighted by Crippen LogP contribution is 2.25. The third-order valence-electron chi connectivity index (χ3n) is 2.28. The number of hydrogen-bond donors (Lipinski definition) is 3. The van der Waals surface area contributed by atoms with Gasteiger partial charge in [-0.3, -0.25) is 15.0 Å². The van der Waals surface area contributed by atoms with Crippen molar-refractivity contribution in [3.05, 3.63) is 45.0 Å². The molecule has 0 unspecified atom stereocenters. The van der Waals surface area contributed by atoms with Crippen molar-refractivity contribution in [2.45, 2.75) is 6.54 Å². The molecule has 2 rings (SSSR count). The number of nitrogens with one attached hydrogen (secondary N) is 2. The van der Waals surface area contributed by atoms with Crippen LogP contribution in [-0.2, 0) is 6.54 Å². The molecular formula is C10H9ClFN3O. The first-order chi connectivity index (χ1) is 7.63. The van der Waals surface area contributed by atoms with E-state index in [0.29, 0.717) is 16.3 Å². The van der Waals surface area contributed by atoms with Gasteiger partial charge >= 0.3 is 0 Å². The van der Waals surface area contributed by atoms with E-state index in [9.17, 15) is 9.18 Å². The molecule has 2 aromatic rings. The Hall–Kier alpha value is -1.59. The molecule has 0 atom stereocenters. The largest absolute Gasteiger partial charge is 0.326 e. The minimum absolute atomic E-state index is 0.0279. The van der Waals surface area contributed by atoms with Crippen LogP contribution in [-0.4, -0.2) is 10.2 Å². The maximum atomic E-state index is 13.5. The number of H-pyrrole nitrogens is 2. The molecule has 0 bridgehead atoms. The summed E-state index contributed by atoms with van der Waals surface area (Å²) in [7, 11) is 0. The van der Waals surface area contributed by atoms with Gasteiger partial charge in [-0.25, -0.2) is 4.39 Å².